The maximum absolute atomic E-state index is 12.7. The number of hydrogen-bond donors (Lipinski definition) is 1. The molecule has 0 aliphatic carbocycles. The summed E-state index contributed by atoms with van der Waals surface area (Å²) in [7, 11) is 0. The lowest BCUT2D eigenvalue weighted by Gasteiger charge is -2.31. The number of rotatable bonds is 2. The Bertz CT molecular complexity index is 679. The smallest absolute Gasteiger partial charge is 0.231 e. The molecular weight excluding hydrogens is 260 g/mol. The van der Waals surface area contributed by atoms with Gasteiger partial charge < -0.3 is 10.6 Å². The molecule has 1 aliphatic rings. The number of amides is 1. The number of anilines is 2. The molecule has 3 rings (SSSR count). The third-order valence-electron chi connectivity index (χ3n) is 4.03. The Balaban J connectivity index is 1.87. The van der Waals surface area contributed by atoms with Crippen LogP contribution in [0.5, 0.6) is 0 Å². The van der Waals surface area contributed by atoms with Crippen molar-refractivity contribution in [2.45, 2.75) is 26.2 Å². The summed E-state index contributed by atoms with van der Waals surface area (Å²) in [5, 5.41) is 0. The Kier molecular flexibility index (Phi) is 3.65. The average molecular weight is 280 g/mol. The van der Waals surface area contributed by atoms with Gasteiger partial charge in [0.1, 0.15) is 0 Å². The average Bonchev–Trinajstić information content (AvgIpc) is 2.47. The molecule has 0 spiro atoms. The van der Waals surface area contributed by atoms with Crippen LogP contribution in [0.15, 0.2) is 42.5 Å². The molecule has 108 valence electrons. The molecule has 3 nitrogen and oxygen atoms in total. The second-order valence-electron chi connectivity index (χ2n) is 5.65. The van der Waals surface area contributed by atoms with Crippen LogP contribution in [-0.4, -0.2) is 12.5 Å². The molecule has 0 radical (unpaired) electrons. The summed E-state index contributed by atoms with van der Waals surface area (Å²) in [6.45, 7) is 2.88. The van der Waals surface area contributed by atoms with E-state index < -0.39 is 0 Å². The van der Waals surface area contributed by atoms with Crippen molar-refractivity contribution in [1.29, 1.82) is 0 Å². The number of carbonyl (C=O) groups is 1. The van der Waals surface area contributed by atoms with Crippen molar-refractivity contribution >= 4 is 17.3 Å². The lowest BCUT2D eigenvalue weighted by Crippen LogP contribution is -2.37. The van der Waals surface area contributed by atoms with Gasteiger partial charge in [-0.25, -0.2) is 0 Å². The van der Waals surface area contributed by atoms with Gasteiger partial charge in [0.15, 0.2) is 0 Å². The van der Waals surface area contributed by atoms with Crippen molar-refractivity contribution in [2.24, 2.45) is 0 Å². The number of carbonyl (C=O) groups excluding carboxylic acids is 1. The number of nitrogens with two attached hydrogens (primary N) is 1. The van der Waals surface area contributed by atoms with E-state index in [9.17, 15) is 4.79 Å². The minimum Gasteiger partial charge on any atom is -0.399 e. The van der Waals surface area contributed by atoms with E-state index in [0.29, 0.717) is 12.1 Å². The Morgan fingerprint density at radius 1 is 1.24 bits per heavy atom. The van der Waals surface area contributed by atoms with Crippen molar-refractivity contribution in [3.8, 4) is 0 Å². The lowest BCUT2D eigenvalue weighted by atomic mass is 9.97. The molecule has 0 bridgehead atoms. The summed E-state index contributed by atoms with van der Waals surface area (Å²) in [5.74, 6) is 0.149. The van der Waals surface area contributed by atoms with E-state index in [2.05, 4.69) is 25.1 Å². The fraction of sp³-hybridized carbons (Fsp3) is 0.278. The molecule has 0 aromatic heterocycles. The van der Waals surface area contributed by atoms with Gasteiger partial charge in [0.05, 0.1) is 6.42 Å². The van der Waals surface area contributed by atoms with Gasteiger partial charge in [0.25, 0.3) is 0 Å². The predicted octanol–water partition coefficient (Wildman–Crippen LogP) is 3.10. The van der Waals surface area contributed by atoms with Crippen LogP contribution in [0, 0.1) is 6.92 Å². The topological polar surface area (TPSA) is 46.3 Å². The van der Waals surface area contributed by atoms with Gasteiger partial charge in [-0.3, -0.25) is 4.79 Å². The quantitative estimate of drug-likeness (QED) is 0.859. The molecule has 0 fully saturated rings. The van der Waals surface area contributed by atoms with Gasteiger partial charge in [-0.15, -0.1) is 0 Å². The van der Waals surface area contributed by atoms with Crippen LogP contribution in [0.3, 0.4) is 0 Å². The summed E-state index contributed by atoms with van der Waals surface area (Å²) < 4.78 is 0. The van der Waals surface area contributed by atoms with Gasteiger partial charge in [-0.1, -0.05) is 30.3 Å². The third-order valence-corrected chi connectivity index (χ3v) is 4.03. The summed E-state index contributed by atoms with van der Waals surface area (Å²) in [6.07, 6.45) is 2.48. The maximum atomic E-state index is 12.7. The normalized spacial score (nSPS) is 13.9. The zero-order valence-electron chi connectivity index (χ0n) is 12.3. The second-order valence-corrected chi connectivity index (χ2v) is 5.65. The van der Waals surface area contributed by atoms with Crippen LogP contribution in [0.4, 0.5) is 11.4 Å². The summed E-state index contributed by atoms with van der Waals surface area (Å²) in [4.78, 5) is 14.6. The summed E-state index contributed by atoms with van der Waals surface area (Å²) >= 11 is 0. The summed E-state index contributed by atoms with van der Waals surface area (Å²) in [6, 6.07) is 13.8. The van der Waals surface area contributed by atoms with E-state index >= 15 is 0 Å². The van der Waals surface area contributed by atoms with E-state index in [0.717, 1.165) is 30.6 Å². The molecule has 0 unspecified atom stereocenters. The first-order chi connectivity index (χ1) is 10.1. The molecule has 0 atom stereocenters. The van der Waals surface area contributed by atoms with Gasteiger partial charge in [0, 0.05) is 17.9 Å². The van der Waals surface area contributed by atoms with Crippen molar-refractivity contribution in [3.63, 3.8) is 0 Å². The lowest BCUT2D eigenvalue weighted by molar-refractivity contribution is -0.118. The fourth-order valence-electron chi connectivity index (χ4n) is 3.07. The summed E-state index contributed by atoms with van der Waals surface area (Å²) in [5.41, 5.74) is 11.0. The molecule has 1 heterocycles. The molecule has 1 aliphatic heterocycles. The van der Waals surface area contributed by atoms with E-state index in [-0.39, 0.29) is 5.91 Å². The minimum absolute atomic E-state index is 0.149. The molecule has 21 heavy (non-hydrogen) atoms. The van der Waals surface area contributed by atoms with E-state index in [1.54, 1.807) is 0 Å². The monoisotopic (exact) mass is 280 g/mol. The van der Waals surface area contributed by atoms with Crippen molar-refractivity contribution in [1.82, 2.24) is 0 Å². The SMILES string of the molecule is Cc1cccc2c1N(C(=O)Cc1cccc(N)c1)CCC2. The molecule has 0 saturated carbocycles. The maximum Gasteiger partial charge on any atom is 0.231 e. The predicted molar refractivity (Wildman–Crippen MR) is 86.4 cm³/mol. The van der Waals surface area contributed by atoms with Crippen LogP contribution in [0.25, 0.3) is 0 Å². The minimum atomic E-state index is 0.149. The highest BCUT2D eigenvalue weighted by atomic mass is 16.2. The van der Waals surface area contributed by atoms with Gasteiger partial charge in [-0.05, 0) is 48.6 Å². The first-order valence-electron chi connectivity index (χ1n) is 7.38. The van der Waals surface area contributed by atoms with Crippen LogP contribution in [-0.2, 0) is 17.6 Å². The zero-order chi connectivity index (χ0) is 14.8. The van der Waals surface area contributed by atoms with Crippen LogP contribution in [0.2, 0.25) is 0 Å². The Labute approximate surface area is 125 Å². The Hall–Kier alpha value is -2.29. The molecular formula is C18H20N2O. The zero-order valence-corrected chi connectivity index (χ0v) is 12.3. The van der Waals surface area contributed by atoms with E-state index in [1.807, 2.05) is 29.2 Å². The number of hydrogen-bond acceptors (Lipinski definition) is 2. The number of fused-ring (bicyclic) bond motifs is 1. The van der Waals surface area contributed by atoms with Crippen molar-refractivity contribution in [3.05, 3.63) is 59.2 Å². The van der Waals surface area contributed by atoms with Crippen LogP contribution < -0.4 is 10.6 Å². The largest absolute Gasteiger partial charge is 0.399 e. The molecule has 2 aromatic rings. The van der Waals surface area contributed by atoms with E-state index in [1.165, 1.54) is 11.1 Å². The van der Waals surface area contributed by atoms with Crippen molar-refractivity contribution < 1.29 is 4.79 Å². The number of nitrogens with zero attached hydrogens (tertiary/aromatic N) is 1. The number of aryl methyl sites for hydroxylation is 2. The molecule has 0 saturated heterocycles. The molecule has 2 N–H and O–H groups in total. The number of nitrogen functional groups attached to an aromatic ring is 1. The first-order valence-corrected chi connectivity index (χ1v) is 7.38. The van der Waals surface area contributed by atoms with Crippen molar-refractivity contribution in [2.75, 3.05) is 17.2 Å². The third kappa shape index (κ3) is 2.77. The Morgan fingerprint density at radius 2 is 2.05 bits per heavy atom. The first kappa shape index (κ1) is 13.7. The highest BCUT2D eigenvalue weighted by molar-refractivity contribution is 5.96. The van der Waals surface area contributed by atoms with Gasteiger partial charge in [0.2, 0.25) is 5.91 Å². The van der Waals surface area contributed by atoms with Crippen LogP contribution >= 0.6 is 0 Å². The van der Waals surface area contributed by atoms with Crippen LogP contribution in [0.1, 0.15) is 23.1 Å². The molecule has 1 amide bonds. The Morgan fingerprint density at radius 3 is 2.86 bits per heavy atom. The van der Waals surface area contributed by atoms with Gasteiger partial charge in [-0.2, -0.15) is 0 Å². The number of para-hydroxylation sites is 1. The fourth-order valence-corrected chi connectivity index (χ4v) is 3.07. The highest BCUT2D eigenvalue weighted by Gasteiger charge is 2.23. The standard InChI is InChI=1S/C18H20N2O/c1-13-5-2-7-15-8-4-10-20(18(13)15)17(21)12-14-6-3-9-16(19)11-14/h2-3,5-7,9,11H,4,8,10,12,19H2,1H3. The van der Waals surface area contributed by atoms with E-state index in [4.69, 9.17) is 5.73 Å². The highest BCUT2D eigenvalue weighted by Crippen LogP contribution is 2.31. The molecule has 3 heteroatoms. The molecule has 2 aromatic carbocycles. The number of benzene rings is 2. The second kappa shape index (κ2) is 5.60. The van der Waals surface area contributed by atoms with Gasteiger partial charge >= 0.3 is 0 Å².